The number of aryl methyl sites for hydroxylation is 1. The van der Waals surface area contributed by atoms with E-state index in [1.807, 2.05) is 36.1 Å². The molecule has 1 saturated heterocycles. The van der Waals surface area contributed by atoms with Gasteiger partial charge in [-0.05, 0) is 41.8 Å². The quantitative estimate of drug-likeness (QED) is 0.194. The van der Waals surface area contributed by atoms with Gasteiger partial charge in [-0.1, -0.05) is 91.0 Å². The maximum Gasteiger partial charge on any atom is 0.416 e. The van der Waals surface area contributed by atoms with Crippen molar-refractivity contribution in [3.8, 4) is 0 Å². The van der Waals surface area contributed by atoms with Gasteiger partial charge < -0.3 is 4.90 Å². The van der Waals surface area contributed by atoms with Crippen LogP contribution in [-0.2, 0) is 6.18 Å². The Labute approximate surface area is 240 Å². The number of benzene rings is 4. The number of nitrogens with zero attached hydrogens (tertiary/aromatic N) is 1. The summed E-state index contributed by atoms with van der Waals surface area (Å²) >= 11 is 0. The molecule has 4 aromatic carbocycles. The Kier molecular flexibility index (Phi) is 5.67. The highest BCUT2D eigenvalue weighted by Gasteiger charge is 2.71. The normalized spacial score (nSPS) is 21.8. The van der Waals surface area contributed by atoms with E-state index in [1.165, 1.54) is 12.1 Å². The molecule has 7 rings (SSSR count). The van der Waals surface area contributed by atoms with Crippen molar-refractivity contribution in [2.45, 2.75) is 31.1 Å². The molecule has 2 aliphatic heterocycles. The van der Waals surface area contributed by atoms with Crippen LogP contribution in [0.25, 0.3) is 6.08 Å². The molecule has 3 aliphatic rings. The summed E-state index contributed by atoms with van der Waals surface area (Å²) in [4.78, 5) is 45.6. The van der Waals surface area contributed by atoms with Gasteiger partial charge in [0.05, 0.1) is 11.6 Å². The number of fused-ring (bicyclic) bond motifs is 5. The maximum absolute atomic E-state index is 14.6. The summed E-state index contributed by atoms with van der Waals surface area (Å²) in [5, 5.41) is 0. The predicted molar refractivity (Wildman–Crippen MR) is 153 cm³/mol. The Bertz CT molecular complexity index is 1770. The molecule has 1 aliphatic carbocycles. The van der Waals surface area contributed by atoms with Crippen molar-refractivity contribution in [2.75, 3.05) is 4.90 Å². The molecule has 3 atom stereocenters. The van der Waals surface area contributed by atoms with Crippen molar-refractivity contribution in [3.63, 3.8) is 0 Å². The lowest BCUT2D eigenvalue weighted by Gasteiger charge is -2.37. The summed E-state index contributed by atoms with van der Waals surface area (Å²) in [6.07, 6.45) is -0.911. The summed E-state index contributed by atoms with van der Waals surface area (Å²) in [7, 11) is 0. The van der Waals surface area contributed by atoms with Gasteiger partial charge in [-0.25, -0.2) is 0 Å². The van der Waals surface area contributed by atoms with Gasteiger partial charge in [-0.2, -0.15) is 13.2 Å². The lowest BCUT2D eigenvalue weighted by Crippen LogP contribution is -2.48. The van der Waals surface area contributed by atoms with Crippen molar-refractivity contribution >= 4 is 29.1 Å². The SMILES string of the molecule is Cc1ccc2c(c1)N1[C@H](C(=O)c3ccccc3)[C@@H](c3ccc(C(F)(F)F)cc3)C3(C(=O)c4ccccc4C3=O)[C@@H]1C=C2. The van der Waals surface area contributed by atoms with Gasteiger partial charge >= 0.3 is 6.18 Å². The molecule has 4 nitrogen and oxygen atoms in total. The molecule has 1 fully saturated rings. The summed E-state index contributed by atoms with van der Waals surface area (Å²) < 4.78 is 40.8. The molecular formula is C35H24F3NO3. The van der Waals surface area contributed by atoms with Gasteiger partial charge in [0.25, 0.3) is 0 Å². The molecule has 0 saturated carbocycles. The smallest absolute Gasteiger partial charge is 0.352 e. The number of rotatable bonds is 3. The van der Waals surface area contributed by atoms with Crippen molar-refractivity contribution in [1.82, 2.24) is 0 Å². The first-order chi connectivity index (χ1) is 20.1. The molecule has 0 unspecified atom stereocenters. The fourth-order valence-electron chi connectivity index (χ4n) is 7.10. The fraction of sp³-hybridized carbons (Fsp3) is 0.171. The molecule has 1 spiro atoms. The van der Waals surface area contributed by atoms with E-state index in [-0.39, 0.29) is 16.9 Å². The van der Waals surface area contributed by atoms with E-state index in [2.05, 4.69) is 0 Å². The van der Waals surface area contributed by atoms with E-state index in [0.717, 1.165) is 23.3 Å². The first kappa shape index (κ1) is 26.1. The van der Waals surface area contributed by atoms with Gasteiger partial charge in [-0.3, -0.25) is 14.4 Å². The van der Waals surface area contributed by atoms with Crippen molar-refractivity contribution in [1.29, 1.82) is 0 Å². The molecule has 4 aromatic rings. The number of alkyl halides is 3. The Morgan fingerprint density at radius 1 is 0.810 bits per heavy atom. The first-order valence-electron chi connectivity index (χ1n) is 13.7. The van der Waals surface area contributed by atoms with Crippen LogP contribution in [-0.4, -0.2) is 29.4 Å². The summed E-state index contributed by atoms with van der Waals surface area (Å²) in [5.74, 6) is -2.23. The van der Waals surface area contributed by atoms with Crippen LogP contribution in [0.15, 0.2) is 103 Å². The standard InChI is InChI=1S/C35H24F3NO3/c1-20-11-12-21-15-18-28-34(32(41)25-9-5-6-10-26(25)33(34)42)29(22-13-16-24(17-14-22)35(36,37)38)30(39(28)27(21)19-20)31(40)23-7-3-2-4-8-23/h2-19,28-30H,1H3/t28-,29+,30-/m0/s1. The van der Waals surface area contributed by atoms with Crippen molar-refractivity contribution in [2.24, 2.45) is 5.41 Å². The van der Waals surface area contributed by atoms with Crippen molar-refractivity contribution < 1.29 is 27.6 Å². The summed E-state index contributed by atoms with van der Waals surface area (Å²) in [5.41, 5.74) is 1.05. The number of ketones is 3. The van der Waals surface area contributed by atoms with E-state index < -0.39 is 46.7 Å². The van der Waals surface area contributed by atoms with Gasteiger partial charge in [0.1, 0.15) is 11.5 Å². The van der Waals surface area contributed by atoms with Crippen LogP contribution in [0, 0.1) is 12.3 Å². The van der Waals surface area contributed by atoms with E-state index >= 15 is 0 Å². The van der Waals surface area contributed by atoms with E-state index in [9.17, 15) is 27.6 Å². The third kappa shape index (κ3) is 3.52. The van der Waals surface area contributed by atoms with Crippen LogP contribution < -0.4 is 4.90 Å². The minimum absolute atomic E-state index is 0.260. The fourth-order valence-corrected chi connectivity index (χ4v) is 7.10. The zero-order chi connectivity index (χ0) is 29.4. The maximum atomic E-state index is 14.6. The predicted octanol–water partition coefficient (Wildman–Crippen LogP) is 7.33. The lowest BCUT2D eigenvalue weighted by atomic mass is 9.64. The first-order valence-corrected chi connectivity index (χ1v) is 13.7. The molecule has 0 amide bonds. The molecule has 2 heterocycles. The molecule has 0 bridgehead atoms. The second-order valence-corrected chi connectivity index (χ2v) is 11.1. The number of anilines is 1. The summed E-state index contributed by atoms with van der Waals surface area (Å²) in [6, 6.07) is 23.6. The zero-order valence-electron chi connectivity index (χ0n) is 22.4. The monoisotopic (exact) mass is 563 g/mol. The van der Waals surface area contributed by atoms with Gasteiger partial charge in [0.2, 0.25) is 0 Å². The average molecular weight is 564 g/mol. The molecule has 7 heteroatoms. The Morgan fingerprint density at radius 2 is 1.43 bits per heavy atom. The van der Waals surface area contributed by atoms with Crippen LogP contribution in [0.1, 0.15) is 59.2 Å². The van der Waals surface area contributed by atoms with Gasteiger partial charge in [0.15, 0.2) is 17.3 Å². The molecule has 42 heavy (non-hydrogen) atoms. The number of carbonyl (C=O) groups excluding carboxylic acids is 3. The van der Waals surface area contributed by atoms with E-state index in [0.29, 0.717) is 16.8 Å². The minimum Gasteiger partial charge on any atom is -0.352 e. The molecule has 0 N–H and O–H groups in total. The second-order valence-electron chi connectivity index (χ2n) is 11.1. The number of hydrogen-bond acceptors (Lipinski definition) is 4. The number of hydrogen-bond donors (Lipinski definition) is 0. The van der Waals surface area contributed by atoms with Crippen LogP contribution in [0.2, 0.25) is 0 Å². The highest BCUT2D eigenvalue weighted by molar-refractivity contribution is 6.32. The largest absolute Gasteiger partial charge is 0.416 e. The third-order valence-electron chi connectivity index (χ3n) is 8.89. The molecule has 0 radical (unpaired) electrons. The number of halogens is 3. The van der Waals surface area contributed by atoms with Crippen LogP contribution in [0.4, 0.5) is 18.9 Å². The van der Waals surface area contributed by atoms with Crippen LogP contribution >= 0.6 is 0 Å². The number of Topliss-reactive ketones (excluding diaryl/α,β-unsaturated/α-hetero) is 3. The summed E-state index contributed by atoms with van der Waals surface area (Å²) in [6.45, 7) is 1.92. The van der Waals surface area contributed by atoms with Crippen LogP contribution in [0.3, 0.4) is 0 Å². The Balaban J connectivity index is 1.54. The molecule has 0 aromatic heterocycles. The van der Waals surface area contributed by atoms with E-state index in [4.69, 9.17) is 0 Å². The highest BCUT2D eigenvalue weighted by atomic mass is 19.4. The number of carbonyl (C=O) groups is 3. The van der Waals surface area contributed by atoms with Crippen LogP contribution in [0.5, 0.6) is 0 Å². The van der Waals surface area contributed by atoms with E-state index in [1.54, 1.807) is 60.7 Å². The minimum atomic E-state index is -4.57. The average Bonchev–Trinajstić information content (AvgIpc) is 3.43. The Morgan fingerprint density at radius 3 is 2.05 bits per heavy atom. The lowest BCUT2D eigenvalue weighted by molar-refractivity contribution is -0.137. The second kappa shape index (κ2) is 9.11. The third-order valence-corrected chi connectivity index (χ3v) is 8.89. The molecule has 208 valence electrons. The van der Waals surface area contributed by atoms with Gasteiger partial charge in [-0.15, -0.1) is 0 Å². The van der Waals surface area contributed by atoms with Crippen molar-refractivity contribution in [3.05, 3.63) is 142 Å². The zero-order valence-corrected chi connectivity index (χ0v) is 22.4. The molecular weight excluding hydrogens is 539 g/mol. The Hall–Kier alpha value is -4.78. The topological polar surface area (TPSA) is 54.5 Å². The van der Waals surface area contributed by atoms with Gasteiger partial charge in [0, 0.05) is 28.3 Å². The highest BCUT2D eigenvalue weighted by Crippen LogP contribution is 2.61.